The molecule has 6 heteroatoms. The summed E-state index contributed by atoms with van der Waals surface area (Å²) in [6, 6.07) is 16.1. The Labute approximate surface area is 201 Å². The summed E-state index contributed by atoms with van der Waals surface area (Å²) in [5.74, 6) is 8.02. The van der Waals surface area contributed by atoms with Crippen molar-refractivity contribution in [3.05, 3.63) is 59.7 Å². The Hall–Kier alpha value is -3.01. The fourth-order valence-electron chi connectivity index (χ4n) is 5.27. The van der Waals surface area contributed by atoms with Gasteiger partial charge in [-0.25, -0.2) is 4.79 Å². The van der Waals surface area contributed by atoms with Crippen LogP contribution >= 0.6 is 0 Å². The van der Waals surface area contributed by atoms with Crippen LogP contribution in [0.2, 0.25) is 0 Å². The molecule has 5 rings (SSSR count). The molecule has 34 heavy (non-hydrogen) atoms. The molecule has 1 aliphatic carbocycles. The molecule has 3 fully saturated rings. The molecule has 2 amide bonds. The van der Waals surface area contributed by atoms with Crippen molar-refractivity contribution >= 4 is 11.7 Å². The minimum absolute atomic E-state index is 0.0885. The molecule has 0 radical (unpaired) electrons. The summed E-state index contributed by atoms with van der Waals surface area (Å²) in [5, 5.41) is 13.2. The predicted molar refractivity (Wildman–Crippen MR) is 133 cm³/mol. The van der Waals surface area contributed by atoms with Gasteiger partial charge in [0.1, 0.15) is 5.75 Å². The molecule has 0 bridgehead atoms. The Morgan fingerprint density at radius 1 is 1.12 bits per heavy atom. The second-order valence-electron chi connectivity index (χ2n) is 9.53. The van der Waals surface area contributed by atoms with Crippen LogP contribution in [0.5, 0.6) is 5.75 Å². The van der Waals surface area contributed by atoms with Crippen molar-refractivity contribution in [2.75, 3.05) is 38.7 Å². The zero-order chi connectivity index (χ0) is 23.5. The molecule has 6 nitrogen and oxygen atoms in total. The third-order valence-electron chi connectivity index (χ3n) is 7.30. The maximum atomic E-state index is 13.2. The first-order valence-corrected chi connectivity index (χ1v) is 12.3. The molecular formula is C28H33N3O3. The number of nitrogens with zero attached hydrogens (tertiary/aromatic N) is 2. The minimum Gasteiger partial charge on any atom is -0.495 e. The number of carbonyl (C=O) groups is 1. The molecule has 2 N–H and O–H groups in total. The standard InChI is InChI=1S/C28H33N3O3/c1-34-26-7-3-2-6-23(26)29-28(33)30-16-4-5-17-31-24(18-30)27(25(31)19-32)22-14-12-21(13-15-22)11-10-20-8-9-20/h2-3,6-7,12-15,20,24-25,27,32H,4-5,8-9,16-19H2,1H3,(H,29,33)/t24-,25+,27-/m0/s1. The van der Waals surface area contributed by atoms with Crippen LogP contribution < -0.4 is 10.1 Å². The molecule has 2 aromatic rings. The number of anilines is 1. The summed E-state index contributed by atoms with van der Waals surface area (Å²) in [6.07, 6.45) is 4.40. The van der Waals surface area contributed by atoms with E-state index >= 15 is 0 Å². The molecule has 2 saturated heterocycles. The summed E-state index contributed by atoms with van der Waals surface area (Å²) < 4.78 is 5.40. The number of nitrogens with one attached hydrogen (secondary N) is 1. The van der Waals surface area contributed by atoms with E-state index in [1.807, 2.05) is 29.2 Å². The number of amides is 2. The van der Waals surface area contributed by atoms with Crippen LogP contribution in [0.25, 0.3) is 0 Å². The highest BCUT2D eigenvalue weighted by molar-refractivity contribution is 5.91. The number of urea groups is 1. The highest BCUT2D eigenvalue weighted by Gasteiger charge is 2.49. The number of aliphatic hydroxyl groups excluding tert-OH is 1. The number of methoxy groups -OCH3 is 1. The molecular weight excluding hydrogens is 426 g/mol. The van der Waals surface area contributed by atoms with Gasteiger partial charge >= 0.3 is 6.03 Å². The lowest BCUT2D eigenvalue weighted by molar-refractivity contribution is -0.0585. The molecule has 0 spiro atoms. The van der Waals surface area contributed by atoms with Crippen molar-refractivity contribution in [3.8, 4) is 17.6 Å². The smallest absolute Gasteiger partial charge is 0.322 e. The van der Waals surface area contributed by atoms with Gasteiger partial charge in [0, 0.05) is 42.6 Å². The zero-order valence-corrected chi connectivity index (χ0v) is 19.7. The molecule has 2 heterocycles. The van der Waals surface area contributed by atoms with Gasteiger partial charge in [-0.15, -0.1) is 0 Å². The highest BCUT2D eigenvalue weighted by atomic mass is 16.5. The van der Waals surface area contributed by atoms with Crippen LogP contribution in [-0.2, 0) is 0 Å². The van der Waals surface area contributed by atoms with Gasteiger partial charge in [-0.05, 0) is 62.1 Å². The number of hydrogen-bond acceptors (Lipinski definition) is 4. The Bertz CT molecular complexity index is 1070. The van der Waals surface area contributed by atoms with Crippen molar-refractivity contribution < 1.29 is 14.6 Å². The predicted octanol–water partition coefficient (Wildman–Crippen LogP) is 3.91. The Kier molecular flexibility index (Phi) is 6.75. The van der Waals surface area contributed by atoms with Gasteiger partial charge < -0.3 is 20.1 Å². The average Bonchev–Trinajstić information content (AvgIpc) is 3.67. The van der Waals surface area contributed by atoms with Gasteiger partial charge in [-0.1, -0.05) is 36.1 Å². The van der Waals surface area contributed by atoms with Crippen molar-refractivity contribution in [2.45, 2.75) is 43.7 Å². The molecule has 0 unspecified atom stereocenters. The van der Waals surface area contributed by atoms with E-state index in [-0.39, 0.29) is 30.6 Å². The fraction of sp³-hybridized carbons (Fsp3) is 0.464. The topological polar surface area (TPSA) is 65.0 Å². The minimum atomic E-state index is -0.108. The van der Waals surface area contributed by atoms with Crippen molar-refractivity contribution in [3.63, 3.8) is 0 Å². The van der Waals surface area contributed by atoms with E-state index in [0.29, 0.717) is 23.9 Å². The largest absolute Gasteiger partial charge is 0.495 e. The average molecular weight is 460 g/mol. The summed E-state index contributed by atoms with van der Waals surface area (Å²) in [4.78, 5) is 17.5. The number of benzene rings is 2. The second kappa shape index (κ2) is 10.1. The lowest BCUT2D eigenvalue weighted by Crippen LogP contribution is -2.68. The van der Waals surface area contributed by atoms with Gasteiger partial charge in [0.2, 0.25) is 0 Å². The quantitative estimate of drug-likeness (QED) is 0.681. The van der Waals surface area contributed by atoms with Crippen LogP contribution in [0.1, 0.15) is 42.7 Å². The highest BCUT2D eigenvalue weighted by Crippen LogP contribution is 2.42. The maximum absolute atomic E-state index is 13.2. The second-order valence-corrected chi connectivity index (χ2v) is 9.53. The normalized spacial score (nSPS) is 24.5. The van der Waals surface area contributed by atoms with Crippen LogP contribution in [0.3, 0.4) is 0 Å². The van der Waals surface area contributed by atoms with Crippen LogP contribution in [0.15, 0.2) is 48.5 Å². The first kappa shape index (κ1) is 22.8. The number of para-hydroxylation sites is 2. The SMILES string of the molecule is COc1ccccc1NC(=O)N1CCCCN2[C@H](CO)[C@@H](c3ccc(C#CC4CC4)cc3)[C@@H]2C1. The van der Waals surface area contributed by atoms with Crippen molar-refractivity contribution in [1.82, 2.24) is 9.80 Å². The molecule has 1 saturated carbocycles. The van der Waals surface area contributed by atoms with Crippen LogP contribution in [0, 0.1) is 17.8 Å². The zero-order valence-electron chi connectivity index (χ0n) is 19.7. The number of carbonyl (C=O) groups excluding carboxylic acids is 1. The van der Waals surface area contributed by atoms with Gasteiger partial charge in [0.05, 0.1) is 19.4 Å². The summed E-state index contributed by atoms with van der Waals surface area (Å²) >= 11 is 0. The van der Waals surface area contributed by atoms with E-state index < -0.39 is 0 Å². The van der Waals surface area contributed by atoms with E-state index in [2.05, 4.69) is 46.3 Å². The third-order valence-corrected chi connectivity index (χ3v) is 7.30. The lowest BCUT2D eigenvalue weighted by Gasteiger charge is -2.57. The van der Waals surface area contributed by atoms with E-state index in [1.165, 1.54) is 18.4 Å². The van der Waals surface area contributed by atoms with Crippen LogP contribution in [-0.4, -0.2) is 66.4 Å². The fourth-order valence-corrected chi connectivity index (χ4v) is 5.27. The van der Waals surface area contributed by atoms with Gasteiger partial charge in [0.25, 0.3) is 0 Å². The lowest BCUT2D eigenvalue weighted by atomic mass is 9.74. The van der Waals surface area contributed by atoms with E-state index in [4.69, 9.17) is 4.74 Å². The van der Waals surface area contributed by atoms with Crippen LogP contribution in [0.4, 0.5) is 10.5 Å². The molecule has 178 valence electrons. The molecule has 0 aromatic heterocycles. The van der Waals surface area contributed by atoms with Crippen molar-refractivity contribution in [2.24, 2.45) is 5.92 Å². The number of aliphatic hydroxyl groups is 1. The van der Waals surface area contributed by atoms with Gasteiger partial charge in [-0.3, -0.25) is 4.90 Å². The Morgan fingerprint density at radius 3 is 2.62 bits per heavy atom. The number of fused-ring (bicyclic) bond motifs is 1. The first-order chi connectivity index (χ1) is 16.7. The Morgan fingerprint density at radius 2 is 1.88 bits per heavy atom. The van der Waals surface area contributed by atoms with Gasteiger partial charge in [-0.2, -0.15) is 0 Å². The number of hydrogen-bond donors (Lipinski definition) is 2. The monoisotopic (exact) mass is 459 g/mol. The number of rotatable bonds is 4. The maximum Gasteiger partial charge on any atom is 0.322 e. The molecule has 3 atom stereocenters. The first-order valence-electron chi connectivity index (χ1n) is 12.3. The molecule has 2 aliphatic heterocycles. The van der Waals surface area contributed by atoms with Crippen molar-refractivity contribution in [1.29, 1.82) is 0 Å². The van der Waals surface area contributed by atoms with Gasteiger partial charge in [0.15, 0.2) is 0 Å². The molecule has 2 aromatic carbocycles. The van der Waals surface area contributed by atoms with E-state index in [1.54, 1.807) is 7.11 Å². The molecule has 3 aliphatic rings. The van der Waals surface area contributed by atoms with E-state index in [9.17, 15) is 9.90 Å². The Balaban J connectivity index is 1.32. The van der Waals surface area contributed by atoms with E-state index in [0.717, 1.165) is 31.5 Å². The summed E-state index contributed by atoms with van der Waals surface area (Å²) in [5.41, 5.74) is 2.93. The summed E-state index contributed by atoms with van der Waals surface area (Å²) in [7, 11) is 1.61. The summed E-state index contributed by atoms with van der Waals surface area (Å²) in [6.45, 7) is 2.43. The third kappa shape index (κ3) is 4.77. The number of ether oxygens (including phenoxy) is 1.